The molecule has 0 bridgehead atoms. The molecule has 1 N–H and O–H groups in total. The van der Waals surface area contributed by atoms with Crippen LogP contribution in [0.15, 0.2) is 42.5 Å². The van der Waals surface area contributed by atoms with Gasteiger partial charge >= 0.3 is 0 Å². The number of carbonyl (C=O) groups excluding carboxylic acids is 1. The monoisotopic (exact) mass is 447 g/mol. The van der Waals surface area contributed by atoms with Crippen LogP contribution in [0.5, 0.6) is 0 Å². The van der Waals surface area contributed by atoms with Crippen LogP contribution in [0.3, 0.4) is 0 Å². The van der Waals surface area contributed by atoms with E-state index in [0.29, 0.717) is 18.5 Å². The van der Waals surface area contributed by atoms with Gasteiger partial charge in [-0.3, -0.25) is 19.2 Å². The minimum atomic E-state index is -3.66. The Kier molecular flexibility index (Phi) is 8.56. The van der Waals surface area contributed by atoms with Gasteiger partial charge in [0, 0.05) is 31.6 Å². The first kappa shape index (κ1) is 24.3. The van der Waals surface area contributed by atoms with Gasteiger partial charge in [0.2, 0.25) is 15.9 Å². The fourth-order valence-electron chi connectivity index (χ4n) is 3.30. The Bertz CT molecular complexity index is 1040. The first-order chi connectivity index (χ1) is 14.6. The summed E-state index contributed by atoms with van der Waals surface area (Å²) in [6, 6.07) is 12.3. The lowest BCUT2D eigenvalue weighted by atomic mass is 10.1. The van der Waals surface area contributed by atoms with E-state index in [1.165, 1.54) is 29.3 Å². The fourth-order valence-corrected chi connectivity index (χ4v) is 4.32. The highest BCUT2D eigenvalue weighted by Crippen LogP contribution is 2.27. The molecule has 8 nitrogen and oxygen atoms in total. The molecule has 0 aliphatic carbocycles. The first-order valence-corrected chi connectivity index (χ1v) is 12.0. The summed E-state index contributed by atoms with van der Waals surface area (Å²) in [4.78, 5) is 22.6. The Hall–Kier alpha value is -2.94. The Morgan fingerprint density at radius 3 is 2.52 bits per heavy atom. The normalized spacial score (nSPS) is 11.2. The topological polar surface area (TPSA) is 110 Å². The zero-order valence-electron chi connectivity index (χ0n) is 18.1. The van der Waals surface area contributed by atoms with Gasteiger partial charge in [-0.15, -0.1) is 0 Å². The number of sulfonamides is 1. The third-order valence-corrected chi connectivity index (χ3v) is 6.06. The second-order valence-electron chi connectivity index (χ2n) is 7.61. The van der Waals surface area contributed by atoms with Crippen molar-refractivity contribution in [3.8, 4) is 0 Å². The van der Waals surface area contributed by atoms with Crippen LogP contribution in [0.1, 0.15) is 36.0 Å². The summed E-state index contributed by atoms with van der Waals surface area (Å²) in [6.45, 7) is 4.35. The maximum Gasteiger partial charge on any atom is 0.271 e. The number of nitro benzene ring substituents is 1. The number of rotatable bonds is 11. The van der Waals surface area contributed by atoms with E-state index >= 15 is 0 Å². The van der Waals surface area contributed by atoms with Gasteiger partial charge in [0.05, 0.1) is 16.9 Å². The van der Waals surface area contributed by atoms with Gasteiger partial charge in [-0.25, -0.2) is 8.42 Å². The standard InChI is InChI=1S/C22H29N3O5S/c1-17-7-4-8-19(15-17)9-5-13-23-22(26)10-6-14-24(31(3,29)30)21-16-20(25(27)28)12-11-18(21)2/h4,7-8,11-12,15-16H,5-6,9-10,13-14H2,1-3H3,(H,23,26). The van der Waals surface area contributed by atoms with Crippen molar-refractivity contribution in [2.45, 2.75) is 39.5 Å². The highest BCUT2D eigenvalue weighted by molar-refractivity contribution is 7.92. The predicted octanol–water partition coefficient (Wildman–Crippen LogP) is 3.51. The number of hydrogen-bond donors (Lipinski definition) is 1. The van der Waals surface area contributed by atoms with E-state index in [1.54, 1.807) is 6.92 Å². The van der Waals surface area contributed by atoms with Crippen molar-refractivity contribution in [2.75, 3.05) is 23.7 Å². The summed E-state index contributed by atoms with van der Waals surface area (Å²) in [5.41, 5.74) is 3.12. The lowest BCUT2D eigenvalue weighted by molar-refractivity contribution is -0.384. The Morgan fingerprint density at radius 1 is 1.13 bits per heavy atom. The number of anilines is 1. The van der Waals surface area contributed by atoms with Crippen LogP contribution in [0.25, 0.3) is 0 Å². The largest absolute Gasteiger partial charge is 0.356 e. The summed E-state index contributed by atoms with van der Waals surface area (Å²) in [5.74, 6) is -0.145. The Labute approximate surface area is 183 Å². The van der Waals surface area contributed by atoms with Crippen molar-refractivity contribution in [2.24, 2.45) is 0 Å². The number of amides is 1. The van der Waals surface area contributed by atoms with Gasteiger partial charge in [-0.1, -0.05) is 35.9 Å². The molecule has 9 heteroatoms. The number of nitrogens with one attached hydrogen (secondary N) is 1. The second-order valence-corrected chi connectivity index (χ2v) is 9.52. The van der Waals surface area contributed by atoms with Crippen LogP contribution in [-0.2, 0) is 21.2 Å². The quantitative estimate of drug-likeness (QED) is 0.322. The SMILES string of the molecule is Cc1cccc(CCCNC(=O)CCCN(c2cc([N+](=O)[O-])ccc2C)S(C)(=O)=O)c1. The smallest absolute Gasteiger partial charge is 0.271 e. The van der Waals surface area contributed by atoms with Crippen LogP contribution in [0, 0.1) is 24.0 Å². The third-order valence-electron chi connectivity index (χ3n) is 4.88. The second kappa shape index (κ2) is 10.9. The molecule has 0 saturated heterocycles. The molecule has 0 saturated carbocycles. The van der Waals surface area contributed by atoms with E-state index in [4.69, 9.17) is 0 Å². The number of non-ortho nitro benzene ring substituents is 1. The van der Waals surface area contributed by atoms with Crippen molar-refractivity contribution in [3.05, 3.63) is 69.3 Å². The molecule has 0 aliphatic heterocycles. The number of carbonyl (C=O) groups is 1. The number of hydrogen-bond acceptors (Lipinski definition) is 5. The van der Waals surface area contributed by atoms with E-state index < -0.39 is 14.9 Å². The average molecular weight is 448 g/mol. The average Bonchev–Trinajstić information content (AvgIpc) is 2.68. The molecule has 0 aliphatic rings. The van der Waals surface area contributed by atoms with Crippen molar-refractivity contribution in [3.63, 3.8) is 0 Å². The molecule has 0 fully saturated rings. The Balaban J connectivity index is 1.87. The van der Waals surface area contributed by atoms with Gasteiger partial charge in [0.1, 0.15) is 0 Å². The maximum absolute atomic E-state index is 12.3. The van der Waals surface area contributed by atoms with E-state index in [1.807, 2.05) is 19.1 Å². The number of nitrogens with zero attached hydrogens (tertiary/aromatic N) is 2. The number of benzene rings is 2. The molecule has 0 aromatic heterocycles. The van der Waals surface area contributed by atoms with Crippen molar-refractivity contribution in [1.82, 2.24) is 5.32 Å². The van der Waals surface area contributed by atoms with Crippen LogP contribution in [0.4, 0.5) is 11.4 Å². The van der Waals surface area contributed by atoms with E-state index in [-0.39, 0.29) is 30.2 Å². The van der Waals surface area contributed by atoms with Crippen LogP contribution in [-0.4, -0.2) is 38.6 Å². The van der Waals surface area contributed by atoms with Crippen LogP contribution >= 0.6 is 0 Å². The highest BCUT2D eigenvalue weighted by atomic mass is 32.2. The zero-order chi connectivity index (χ0) is 23.0. The summed E-state index contributed by atoms with van der Waals surface area (Å²) in [5, 5.41) is 13.9. The number of aryl methyl sites for hydroxylation is 3. The van der Waals surface area contributed by atoms with Gasteiger partial charge in [-0.05, 0) is 44.2 Å². The molecule has 168 valence electrons. The third kappa shape index (κ3) is 7.67. The van der Waals surface area contributed by atoms with Gasteiger partial charge < -0.3 is 5.32 Å². The highest BCUT2D eigenvalue weighted by Gasteiger charge is 2.21. The van der Waals surface area contributed by atoms with Gasteiger partial charge in [-0.2, -0.15) is 0 Å². The predicted molar refractivity (Wildman–Crippen MR) is 122 cm³/mol. The fraction of sp³-hybridized carbons (Fsp3) is 0.409. The van der Waals surface area contributed by atoms with Crippen molar-refractivity contribution >= 4 is 27.3 Å². The summed E-state index contributed by atoms with van der Waals surface area (Å²) in [7, 11) is -3.66. The lowest BCUT2D eigenvalue weighted by Gasteiger charge is -2.24. The molecule has 0 radical (unpaired) electrons. The first-order valence-electron chi connectivity index (χ1n) is 10.1. The minimum Gasteiger partial charge on any atom is -0.356 e. The molecule has 31 heavy (non-hydrogen) atoms. The molecule has 0 heterocycles. The van der Waals surface area contributed by atoms with Crippen molar-refractivity contribution in [1.29, 1.82) is 0 Å². The molecular formula is C22H29N3O5S. The molecule has 2 aromatic carbocycles. The molecule has 0 spiro atoms. The minimum absolute atomic E-state index is 0.0670. The van der Waals surface area contributed by atoms with Crippen LogP contribution in [0.2, 0.25) is 0 Å². The summed E-state index contributed by atoms with van der Waals surface area (Å²) < 4.78 is 25.7. The maximum atomic E-state index is 12.3. The van der Waals surface area contributed by atoms with Gasteiger partial charge in [0.15, 0.2) is 0 Å². The molecule has 2 rings (SSSR count). The van der Waals surface area contributed by atoms with Crippen LogP contribution < -0.4 is 9.62 Å². The van der Waals surface area contributed by atoms with E-state index in [9.17, 15) is 23.3 Å². The van der Waals surface area contributed by atoms with Gasteiger partial charge in [0.25, 0.3) is 5.69 Å². The zero-order valence-corrected chi connectivity index (χ0v) is 18.9. The molecular weight excluding hydrogens is 418 g/mol. The van der Waals surface area contributed by atoms with E-state index in [2.05, 4.69) is 17.4 Å². The molecule has 0 atom stereocenters. The van der Waals surface area contributed by atoms with Crippen molar-refractivity contribution < 1.29 is 18.1 Å². The lowest BCUT2D eigenvalue weighted by Crippen LogP contribution is -2.33. The molecule has 1 amide bonds. The Morgan fingerprint density at radius 2 is 1.87 bits per heavy atom. The van der Waals surface area contributed by atoms with E-state index in [0.717, 1.165) is 23.4 Å². The molecule has 0 unspecified atom stereocenters. The molecule has 2 aromatic rings. The summed E-state index contributed by atoms with van der Waals surface area (Å²) >= 11 is 0. The summed E-state index contributed by atoms with van der Waals surface area (Å²) in [6.07, 6.45) is 3.22. The number of nitro groups is 1.